The summed E-state index contributed by atoms with van der Waals surface area (Å²) in [7, 11) is 0. The average Bonchev–Trinajstić information content (AvgIpc) is 2.40. The molecule has 1 N–H and O–H groups in total. The largest absolute Gasteiger partial charge is 0.490 e. The minimum atomic E-state index is -0.0661. The van der Waals surface area contributed by atoms with Gasteiger partial charge >= 0.3 is 0 Å². The third-order valence-electron chi connectivity index (χ3n) is 2.49. The lowest BCUT2D eigenvalue weighted by molar-refractivity contribution is -0.122. The van der Waals surface area contributed by atoms with Gasteiger partial charge in [0.05, 0.1) is 24.1 Å². The lowest BCUT2D eigenvalue weighted by Crippen LogP contribution is -2.31. The predicted molar refractivity (Wildman–Crippen MR) is 84.1 cm³/mol. The topological polar surface area (TPSA) is 64.6 Å². The Labute approximate surface area is 133 Å². The Morgan fingerprint density at radius 3 is 2.67 bits per heavy atom. The highest BCUT2D eigenvalue weighted by atomic mass is 79.9. The van der Waals surface area contributed by atoms with Crippen LogP contribution < -0.4 is 14.8 Å². The summed E-state index contributed by atoms with van der Waals surface area (Å²) < 4.78 is 11.7. The van der Waals surface area contributed by atoms with Crippen molar-refractivity contribution in [3.63, 3.8) is 0 Å². The van der Waals surface area contributed by atoms with E-state index in [9.17, 15) is 9.59 Å². The van der Waals surface area contributed by atoms with Gasteiger partial charge in [0.1, 0.15) is 6.29 Å². The molecule has 0 fully saturated rings. The van der Waals surface area contributed by atoms with Crippen molar-refractivity contribution in [2.24, 2.45) is 0 Å². The van der Waals surface area contributed by atoms with Crippen LogP contribution in [0.5, 0.6) is 11.5 Å². The lowest BCUT2D eigenvalue weighted by Gasteiger charge is -2.14. The second kappa shape index (κ2) is 8.67. The Balaban J connectivity index is 2.73. The molecule has 1 aromatic rings. The van der Waals surface area contributed by atoms with Crippen LogP contribution in [-0.2, 0) is 4.79 Å². The first-order valence-corrected chi connectivity index (χ1v) is 7.60. The minimum Gasteiger partial charge on any atom is -0.490 e. The Kier molecular flexibility index (Phi) is 7.22. The molecular formula is C15H20BrNO4. The molecule has 1 aromatic carbocycles. The molecule has 0 aromatic heterocycles. The maximum absolute atomic E-state index is 11.6. The number of nitrogens with one attached hydrogen (secondary N) is 1. The van der Waals surface area contributed by atoms with Gasteiger partial charge in [-0.3, -0.25) is 9.59 Å². The van der Waals surface area contributed by atoms with Crippen molar-refractivity contribution in [2.45, 2.75) is 33.2 Å². The highest BCUT2D eigenvalue weighted by molar-refractivity contribution is 9.10. The van der Waals surface area contributed by atoms with Gasteiger partial charge in [-0.2, -0.15) is 0 Å². The molecule has 0 atom stereocenters. The number of amides is 1. The molecule has 1 rings (SSSR count). The molecule has 5 nitrogen and oxygen atoms in total. The monoisotopic (exact) mass is 357 g/mol. The highest BCUT2D eigenvalue weighted by Gasteiger charge is 2.13. The quantitative estimate of drug-likeness (QED) is 0.726. The van der Waals surface area contributed by atoms with E-state index in [1.165, 1.54) is 0 Å². The third-order valence-corrected chi connectivity index (χ3v) is 3.08. The van der Waals surface area contributed by atoms with E-state index >= 15 is 0 Å². The van der Waals surface area contributed by atoms with Crippen LogP contribution in [0.15, 0.2) is 16.6 Å². The highest BCUT2D eigenvalue weighted by Crippen LogP contribution is 2.36. The van der Waals surface area contributed by atoms with Crippen LogP contribution >= 0.6 is 15.9 Å². The summed E-state index contributed by atoms with van der Waals surface area (Å²) in [6, 6.07) is 3.37. The normalized spacial score (nSPS) is 10.3. The summed E-state index contributed by atoms with van der Waals surface area (Å²) in [6.45, 7) is 6.35. The van der Waals surface area contributed by atoms with E-state index in [0.717, 1.165) is 6.29 Å². The van der Waals surface area contributed by atoms with Crippen LogP contribution in [0.1, 0.15) is 37.6 Å². The maximum Gasteiger partial charge on any atom is 0.223 e. The van der Waals surface area contributed by atoms with Crippen molar-refractivity contribution in [3.05, 3.63) is 22.2 Å². The molecular weight excluding hydrogens is 338 g/mol. The van der Waals surface area contributed by atoms with Gasteiger partial charge in [0.25, 0.3) is 0 Å². The zero-order chi connectivity index (χ0) is 15.8. The average molecular weight is 358 g/mol. The summed E-state index contributed by atoms with van der Waals surface area (Å²) in [5.41, 5.74) is 0.496. The van der Waals surface area contributed by atoms with Gasteiger partial charge in [-0.15, -0.1) is 0 Å². The molecule has 116 valence electrons. The molecule has 0 radical (unpaired) electrons. The standard InChI is InChI=1S/C15H20BrNO4/c1-4-20-13-8-11(9-18)7-12(16)15(13)21-6-5-14(19)17-10(2)3/h7-10H,4-6H2,1-3H3,(H,17,19). The van der Waals surface area contributed by atoms with Crippen LogP contribution in [0.3, 0.4) is 0 Å². The van der Waals surface area contributed by atoms with Crippen molar-refractivity contribution >= 4 is 28.1 Å². The number of hydrogen-bond acceptors (Lipinski definition) is 4. The molecule has 1 amide bonds. The van der Waals surface area contributed by atoms with Gasteiger partial charge in [-0.1, -0.05) is 0 Å². The zero-order valence-corrected chi connectivity index (χ0v) is 14.0. The van der Waals surface area contributed by atoms with E-state index in [0.29, 0.717) is 28.1 Å². The fraction of sp³-hybridized carbons (Fsp3) is 0.467. The summed E-state index contributed by atoms with van der Waals surface area (Å²) in [4.78, 5) is 22.4. The van der Waals surface area contributed by atoms with E-state index in [1.54, 1.807) is 12.1 Å². The van der Waals surface area contributed by atoms with Crippen molar-refractivity contribution in [3.8, 4) is 11.5 Å². The van der Waals surface area contributed by atoms with Gasteiger partial charge in [0, 0.05) is 11.6 Å². The van der Waals surface area contributed by atoms with Crippen molar-refractivity contribution in [1.82, 2.24) is 5.32 Å². The second-order valence-corrected chi connectivity index (χ2v) is 5.56. The number of ether oxygens (including phenoxy) is 2. The first-order valence-electron chi connectivity index (χ1n) is 6.81. The third kappa shape index (κ3) is 5.75. The van der Waals surface area contributed by atoms with Gasteiger partial charge in [0.15, 0.2) is 11.5 Å². The SMILES string of the molecule is CCOc1cc(C=O)cc(Br)c1OCCC(=O)NC(C)C. The Morgan fingerprint density at radius 1 is 1.38 bits per heavy atom. The second-order valence-electron chi connectivity index (χ2n) is 4.70. The van der Waals surface area contributed by atoms with E-state index in [2.05, 4.69) is 21.2 Å². The van der Waals surface area contributed by atoms with E-state index < -0.39 is 0 Å². The van der Waals surface area contributed by atoms with E-state index in [1.807, 2.05) is 20.8 Å². The number of aldehydes is 1. The van der Waals surface area contributed by atoms with Crippen LogP contribution in [-0.4, -0.2) is 31.4 Å². The van der Waals surface area contributed by atoms with Crippen LogP contribution in [0.25, 0.3) is 0 Å². The fourth-order valence-electron chi connectivity index (χ4n) is 1.70. The first-order chi connectivity index (χ1) is 9.97. The summed E-state index contributed by atoms with van der Waals surface area (Å²) in [5.74, 6) is 0.918. The molecule has 21 heavy (non-hydrogen) atoms. The fourth-order valence-corrected chi connectivity index (χ4v) is 2.27. The lowest BCUT2D eigenvalue weighted by atomic mass is 10.2. The Hall–Kier alpha value is -1.56. The van der Waals surface area contributed by atoms with E-state index in [-0.39, 0.29) is 25.0 Å². The van der Waals surface area contributed by atoms with Crippen LogP contribution in [0.4, 0.5) is 0 Å². The molecule has 0 heterocycles. The van der Waals surface area contributed by atoms with Gasteiger partial charge in [-0.05, 0) is 48.8 Å². The van der Waals surface area contributed by atoms with Crippen molar-refractivity contribution in [2.75, 3.05) is 13.2 Å². The molecule has 0 spiro atoms. The van der Waals surface area contributed by atoms with E-state index in [4.69, 9.17) is 9.47 Å². The Morgan fingerprint density at radius 2 is 2.10 bits per heavy atom. The summed E-state index contributed by atoms with van der Waals surface area (Å²) >= 11 is 3.35. The van der Waals surface area contributed by atoms with Gasteiger partial charge < -0.3 is 14.8 Å². The number of carbonyl (C=O) groups excluding carboxylic acids is 2. The van der Waals surface area contributed by atoms with Gasteiger partial charge in [0.2, 0.25) is 5.91 Å². The smallest absolute Gasteiger partial charge is 0.223 e. The molecule has 0 aliphatic carbocycles. The summed E-state index contributed by atoms with van der Waals surface area (Å²) in [5, 5.41) is 2.79. The number of halogens is 1. The molecule has 0 saturated heterocycles. The molecule has 6 heteroatoms. The molecule has 0 bridgehead atoms. The van der Waals surface area contributed by atoms with Gasteiger partial charge in [-0.25, -0.2) is 0 Å². The number of hydrogen-bond donors (Lipinski definition) is 1. The Bertz CT molecular complexity index is 503. The van der Waals surface area contributed by atoms with Crippen LogP contribution in [0.2, 0.25) is 0 Å². The molecule has 0 aliphatic heterocycles. The predicted octanol–water partition coefficient (Wildman–Crippen LogP) is 2.95. The number of rotatable bonds is 8. The zero-order valence-electron chi connectivity index (χ0n) is 12.4. The number of benzene rings is 1. The van der Waals surface area contributed by atoms with Crippen LogP contribution in [0, 0.1) is 0 Å². The summed E-state index contributed by atoms with van der Waals surface area (Å²) in [6.07, 6.45) is 0.999. The molecule has 0 aliphatic rings. The maximum atomic E-state index is 11.6. The number of carbonyl (C=O) groups is 2. The molecule has 0 unspecified atom stereocenters. The van der Waals surface area contributed by atoms with Crippen molar-refractivity contribution in [1.29, 1.82) is 0 Å². The first kappa shape index (κ1) is 17.5. The van der Waals surface area contributed by atoms with Crippen molar-refractivity contribution < 1.29 is 19.1 Å². The minimum absolute atomic E-state index is 0.0661. The molecule has 0 saturated carbocycles.